The van der Waals surface area contributed by atoms with Crippen molar-refractivity contribution in [2.75, 3.05) is 11.5 Å². The fourth-order valence-electron chi connectivity index (χ4n) is 1.01. The molecule has 1 aliphatic heterocycles. The Bertz CT molecular complexity index is 138. The smallest absolute Gasteiger partial charge is 0.307 e. The number of carbonyl (C=O) groups is 1. The summed E-state index contributed by atoms with van der Waals surface area (Å²) in [6, 6.07) is 0. The van der Waals surface area contributed by atoms with Crippen LogP contribution in [0, 0.1) is 5.92 Å². The van der Waals surface area contributed by atoms with Crippen LogP contribution in [0.3, 0.4) is 0 Å². The summed E-state index contributed by atoms with van der Waals surface area (Å²) < 4.78 is 0. The molecule has 0 amide bonds. The number of carboxylic acids is 1. The molecule has 10 heavy (non-hydrogen) atoms. The minimum absolute atomic E-state index is 0.123. The molecular weight excluding hydrogens is 168 g/mol. The largest absolute Gasteiger partial charge is 0.481 e. The highest BCUT2D eigenvalue weighted by Gasteiger charge is 2.29. The van der Waals surface area contributed by atoms with E-state index in [0.29, 0.717) is 5.25 Å². The molecular formula is C6H10O2S2. The van der Waals surface area contributed by atoms with Crippen molar-refractivity contribution in [1.82, 2.24) is 0 Å². The van der Waals surface area contributed by atoms with Crippen LogP contribution in [-0.2, 0) is 4.79 Å². The van der Waals surface area contributed by atoms with E-state index in [1.165, 1.54) is 0 Å². The van der Waals surface area contributed by atoms with E-state index in [0.717, 1.165) is 17.9 Å². The highest BCUT2D eigenvalue weighted by Crippen LogP contribution is 2.31. The van der Waals surface area contributed by atoms with Gasteiger partial charge in [-0.05, 0) is 6.42 Å². The summed E-state index contributed by atoms with van der Waals surface area (Å²) in [7, 11) is 0. The Morgan fingerprint density at radius 2 is 2.50 bits per heavy atom. The molecule has 2 atom stereocenters. The van der Waals surface area contributed by atoms with Crippen LogP contribution in [0.25, 0.3) is 0 Å². The predicted octanol–water partition coefficient (Wildman–Crippen LogP) is 1.12. The molecule has 0 aromatic rings. The molecule has 4 heteroatoms. The number of thioether (sulfide) groups is 1. The number of rotatable bonds is 2. The van der Waals surface area contributed by atoms with Gasteiger partial charge < -0.3 is 5.11 Å². The zero-order valence-electron chi connectivity index (χ0n) is 5.49. The van der Waals surface area contributed by atoms with E-state index < -0.39 is 5.97 Å². The molecule has 0 radical (unpaired) electrons. The molecule has 0 bridgehead atoms. The van der Waals surface area contributed by atoms with Crippen LogP contribution < -0.4 is 0 Å². The summed E-state index contributed by atoms with van der Waals surface area (Å²) in [6.45, 7) is 0. The first-order chi connectivity index (χ1) is 4.74. The molecule has 0 aromatic carbocycles. The lowest BCUT2D eigenvalue weighted by molar-refractivity contribution is -0.140. The molecule has 0 aliphatic carbocycles. The lowest BCUT2D eigenvalue weighted by Crippen LogP contribution is -2.13. The molecule has 1 N–H and O–H groups in total. The summed E-state index contributed by atoms with van der Waals surface area (Å²) in [6.07, 6.45) is 0.795. The molecule has 1 heterocycles. The Morgan fingerprint density at radius 3 is 2.80 bits per heavy atom. The maximum absolute atomic E-state index is 10.4. The van der Waals surface area contributed by atoms with Gasteiger partial charge in [-0.25, -0.2) is 0 Å². The van der Waals surface area contributed by atoms with E-state index in [9.17, 15) is 4.79 Å². The molecule has 1 rings (SSSR count). The normalized spacial score (nSPS) is 32.5. The van der Waals surface area contributed by atoms with Gasteiger partial charge >= 0.3 is 5.97 Å². The lowest BCUT2D eigenvalue weighted by atomic mass is 10.1. The highest BCUT2D eigenvalue weighted by atomic mass is 32.2. The van der Waals surface area contributed by atoms with Crippen molar-refractivity contribution in [3.05, 3.63) is 0 Å². The summed E-state index contributed by atoms with van der Waals surface area (Å²) in [5, 5.41) is 9.05. The molecule has 1 aliphatic rings. The predicted molar refractivity (Wildman–Crippen MR) is 45.8 cm³/mol. The number of hydrogen-bond donors (Lipinski definition) is 2. The number of carboxylic acid groups (broad SMARTS) is 1. The van der Waals surface area contributed by atoms with Crippen molar-refractivity contribution in [3.63, 3.8) is 0 Å². The SMILES string of the molecule is O=C(O)[C@H]1CS[C@@H](CS)C1. The second-order valence-corrected chi connectivity index (χ2v) is 4.11. The van der Waals surface area contributed by atoms with Gasteiger partial charge in [0.15, 0.2) is 0 Å². The zero-order chi connectivity index (χ0) is 7.56. The molecule has 0 aromatic heterocycles. The number of hydrogen-bond acceptors (Lipinski definition) is 3. The minimum atomic E-state index is -0.656. The van der Waals surface area contributed by atoms with Gasteiger partial charge in [0.25, 0.3) is 0 Å². The Labute approximate surface area is 69.8 Å². The van der Waals surface area contributed by atoms with Crippen LogP contribution in [0.4, 0.5) is 0 Å². The van der Waals surface area contributed by atoms with Crippen LogP contribution in [-0.4, -0.2) is 27.8 Å². The monoisotopic (exact) mass is 178 g/mol. The topological polar surface area (TPSA) is 37.3 Å². The maximum atomic E-state index is 10.4. The van der Waals surface area contributed by atoms with E-state index in [2.05, 4.69) is 12.6 Å². The van der Waals surface area contributed by atoms with E-state index in [4.69, 9.17) is 5.11 Å². The third kappa shape index (κ3) is 1.83. The Balaban J connectivity index is 2.35. The summed E-state index contributed by atoms with van der Waals surface area (Å²) >= 11 is 5.83. The van der Waals surface area contributed by atoms with Crippen LogP contribution >= 0.6 is 24.4 Å². The van der Waals surface area contributed by atoms with Gasteiger partial charge in [-0.1, -0.05) is 0 Å². The summed E-state index contributed by atoms with van der Waals surface area (Å²) in [5.74, 6) is 0.786. The van der Waals surface area contributed by atoms with Crippen molar-refractivity contribution >= 4 is 30.4 Å². The molecule has 58 valence electrons. The first kappa shape index (κ1) is 8.27. The van der Waals surface area contributed by atoms with Crippen LogP contribution in [0.15, 0.2) is 0 Å². The standard InChI is InChI=1S/C6H10O2S2/c7-6(8)4-1-5(2-9)10-3-4/h4-5,9H,1-3H2,(H,7,8)/t4-,5-/m1/s1. The van der Waals surface area contributed by atoms with Crippen molar-refractivity contribution in [2.45, 2.75) is 11.7 Å². The van der Waals surface area contributed by atoms with Gasteiger partial charge in [0.1, 0.15) is 0 Å². The second kappa shape index (κ2) is 3.53. The van der Waals surface area contributed by atoms with Gasteiger partial charge in [-0.3, -0.25) is 4.79 Å². The van der Waals surface area contributed by atoms with E-state index in [1.54, 1.807) is 11.8 Å². The highest BCUT2D eigenvalue weighted by molar-refractivity contribution is 8.00. The number of thiol groups is 1. The molecule has 1 saturated heterocycles. The molecule has 0 spiro atoms. The Kier molecular flexibility index (Phi) is 2.92. The van der Waals surface area contributed by atoms with Crippen molar-refractivity contribution in [1.29, 1.82) is 0 Å². The third-order valence-electron chi connectivity index (χ3n) is 1.63. The van der Waals surface area contributed by atoms with E-state index in [-0.39, 0.29) is 5.92 Å². The minimum Gasteiger partial charge on any atom is -0.481 e. The van der Waals surface area contributed by atoms with Crippen molar-refractivity contribution in [2.24, 2.45) is 5.92 Å². The first-order valence-electron chi connectivity index (χ1n) is 3.19. The van der Waals surface area contributed by atoms with Gasteiger partial charge in [0.05, 0.1) is 5.92 Å². The lowest BCUT2D eigenvalue weighted by Gasteiger charge is -2.01. The van der Waals surface area contributed by atoms with Gasteiger partial charge in [0, 0.05) is 16.8 Å². The average Bonchev–Trinajstić information content (AvgIpc) is 2.34. The van der Waals surface area contributed by atoms with Crippen LogP contribution in [0.5, 0.6) is 0 Å². The molecule has 0 saturated carbocycles. The zero-order valence-corrected chi connectivity index (χ0v) is 7.20. The third-order valence-corrected chi connectivity index (χ3v) is 3.75. The fourth-order valence-corrected chi connectivity index (χ4v) is 2.73. The van der Waals surface area contributed by atoms with Crippen molar-refractivity contribution < 1.29 is 9.90 Å². The second-order valence-electron chi connectivity index (χ2n) is 2.41. The summed E-state index contributed by atoms with van der Waals surface area (Å²) in [4.78, 5) is 10.4. The van der Waals surface area contributed by atoms with E-state index in [1.807, 2.05) is 0 Å². The van der Waals surface area contributed by atoms with Gasteiger partial charge in [-0.15, -0.1) is 0 Å². The number of aliphatic carboxylic acids is 1. The average molecular weight is 178 g/mol. The fraction of sp³-hybridized carbons (Fsp3) is 0.833. The van der Waals surface area contributed by atoms with Gasteiger partial charge in [0.2, 0.25) is 0 Å². The molecule has 2 nitrogen and oxygen atoms in total. The van der Waals surface area contributed by atoms with Gasteiger partial charge in [-0.2, -0.15) is 24.4 Å². The Morgan fingerprint density at radius 1 is 1.80 bits per heavy atom. The first-order valence-corrected chi connectivity index (χ1v) is 4.87. The van der Waals surface area contributed by atoms with Crippen LogP contribution in [0.1, 0.15) is 6.42 Å². The molecule has 1 fully saturated rings. The van der Waals surface area contributed by atoms with E-state index >= 15 is 0 Å². The van der Waals surface area contributed by atoms with Crippen LogP contribution in [0.2, 0.25) is 0 Å². The van der Waals surface area contributed by atoms with Crippen molar-refractivity contribution in [3.8, 4) is 0 Å². The summed E-state index contributed by atoms with van der Waals surface area (Å²) in [5.41, 5.74) is 0. The quantitative estimate of drug-likeness (QED) is 0.622. The Hall–Kier alpha value is 0.170. The maximum Gasteiger partial charge on any atom is 0.307 e. The molecule has 0 unspecified atom stereocenters.